The van der Waals surface area contributed by atoms with Crippen molar-refractivity contribution in [3.8, 4) is 0 Å². The second-order valence-electron chi connectivity index (χ2n) is 5.79. The van der Waals surface area contributed by atoms with E-state index in [0.29, 0.717) is 0 Å². The Balaban J connectivity index is 0.00000110. The van der Waals surface area contributed by atoms with Crippen LogP contribution in [0, 0.1) is 5.92 Å². The summed E-state index contributed by atoms with van der Waals surface area (Å²) >= 11 is 0. The quantitative estimate of drug-likeness (QED) is 0.818. The molecule has 0 radical (unpaired) electrons. The molecular weight excluding hydrogens is 256 g/mol. The normalized spacial score (nSPS) is 23.8. The fourth-order valence-electron chi connectivity index (χ4n) is 3.93. The predicted molar refractivity (Wildman–Crippen MR) is 78.8 cm³/mol. The van der Waals surface area contributed by atoms with Crippen molar-refractivity contribution < 1.29 is 0 Å². The predicted octanol–water partition coefficient (Wildman–Crippen LogP) is 3.60. The van der Waals surface area contributed by atoms with Crippen molar-refractivity contribution in [2.45, 2.75) is 38.1 Å². The highest BCUT2D eigenvalue weighted by Crippen LogP contribution is 2.44. The monoisotopic (exact) mass is 274 g/mol. The third kappa shape index (κ3) is 2.18. The SMILES string of the molecule is Cl.c1cc2c3c(c1)C[C@H](Cn1ccnc1)C[C@@H]3CC2. The molecule has 0 saturated carbocycles. The summed E-state index contributed by atoms with van der Waals surface area (Å²) in [6.45, 7) is 1.13. The molecule has 2 aliphatic carbocycles. The summed E-state index contributed by atoms with van der Waals surface area (Å²) in [5, 5.41) is 0. The highest BCUT2D eigenvalue weighted by Gasteiger charge is 2.32. The Kier molecular flexibility index (Phi) is 3.36. The van der Waals surface area contributed by atoms with Gasteiger partial charge in [-0.2, -0.15) is 0 Å². The minimum atomic E-state index is 0. The molecule has 0 bridgehead atoms. The van der Waals surface area contributed by atoms with Gasteiger partial charge in [0.2, 0.25) is 0 Å². The van der Waals surface area contributed by atoms with E-state index in [9.17, 15) is 0 Å². The zero-order chi connectivity index (χ0) is 11.9. The van der Waals surface area contributed by atoms with Gasteiger partial charge in [-0.25, -0.2) is 4.98 Å². The molecule has 4 rings (SSSR count). The first kappa shape index (κ1) is 12.7. The van der Waals surface area contributed by atoms with Crippen LogP contribution in [0.3, 0.4) is 0 Å². The lowest BCUT2D eigenvalue weighted by Crippen LogP contribution is -2.21. The molecule has 0 aliphatic heterocycles. The van der Waals surface area contributed by atoms with Crippen LogP contribution in [-0.4, -0.2) is 9.55 Å². The Bertz CT molecular complexity index is 562. The maximum atomic E-state index is 4.14. The van der Waals surface area contributed by atoms with E-state index in [-0.39, 0.29) is 12.4 Å². The molecule has 0 saturated heterocycles. The zero-order valence-corrected chi connectivity index (χ0v) is 11.8. The van der Waals surface area contributed by atoms with E-state index in [0.717, 1.165) is 18.4 Å². The molecule has 1 aromatic carbocycles. The van der Waals surface area contributed by atoms with Crippen LogP contribution in [0.1, 0.15) is 35.4 Å². The van der Waals surface area contributed by atoms with Crippen molar-refractivity contribution in [2.24, 2.45) is 5.92 Å². The molecule has 0 N–H and O–H groups in total. The van der Waals surface area contributed by atoms with Crippen molar-refractivity contribution >= 4 is 12.4 Å². The maximum Gasteiger partial charge on any atom is 0.0945 e. The van der Waals surface area contributed by atoms with Crippen molar-refractivity contribution in [2.75, 3.05) is 0 Å². The average molecular weight is 275 g/mol. The number of imidazole rings is 1. The van der Waals surface area contributed by atoms with Crippen molar-refractivity contribution in [1.82, 2.24) is 9.55 Å². The lowest BCUT2D eigenvalue weighted by molar-refractivity contribution is 0.356. The smallest absolute Gasteiger partial charge is 0.0945 e. The van der Waals surface area contributed by atoms with Gasteiger partial charge in [-0.3, -0.25) is 0 Å². The van der Waals surface area contributed by atoms with Gasteiger partial charge in [0.05, 0.1) is 6.33 Å². The Morgan fingerprint density at radius 2 is 2.16 bits per heavy atom. The summed E-state index contributed by atoms with van der Waals surface area (Å²) in [7, 11) is 0. The number of halogens is 1. The van der Waals surface area contributed by atoms with E-state index in [1.54, 1.807) is 16.7 Å². The minimum Gasteiger partial charge on any atom is -0.337 e. The number of aromatic nitrogens is 2. The molecule has 1 heterocycles. The van der Waals surface area contributed by atoms with Crippen molar-refractivity contribution in [3.05, 3.63) is 53.6 Å². The minimum absolute atomic E-state index is 0. The topological polar surface area (TPSA) is 17.8 Å². The first-order valence-corrected chi connectivity index (χ1v) is 6.96. The van der Waals surface area contributed by atoms with Crippen molar-refractivity contribution in [3.63, 3.8) is 0 Å². The molecule has 0 fully saturated rings. The highest BCUT2D eigenvalue weighted by molar-refractivity contribution is 5.85. The van der Waals surface area contributed by atoms with Crippen LogP contribution in [0.4, 0.5) is 0 Å². The molecule has 2 aliphatic rings. The molecule has 3 heteroatoms. The van der Waals surface area contributed by atoms with Gasteiger partial charge >= 0.3 is 0 Å². The van der Waals surface area contributed by atoms with Crippen LogP contribution in [0.2, 0.25) is 0 Å². The number of hydrogen-bond donors (Lipinski definition) is 0. The molecule has 19 heavy (non-hydrogen) atoms. The first-order chi connectivity index (χ1) is 8.90. The van der Waals surface area contributed by atoms with Gasteiger partial charge in [-0.05, 0) is 54.2 Å². The Labute approximate surface area is 120 Å². The van der Waals surface area contributed by atoms with Crippen LogP contribution >= 0.6 is 12.4 Å². The van der Waals surface area contributed by atoms with Gasteiger partial charge in [-0.15, -0.1) is 12.4 Å². The highest BCUT2D eigenvalue weighted by atomic mass is 35.5. The summed E-state index contributed by atoms with van der Waals surface area (Å²) in [6, 6.07) is 6.92. The first-order valence-electron chi connectivity index (χ1n) is 6.96. The largest absolute Gasteiger partial charge is 0.337 e. The van der Waals surface area contributed by atoms with E-state index >= 15 is 0 Å². The fraction of sp³-hybridized carbons (Fsp3) is 0.438. The van der Waals surface area contributed by atoms with E-state index in [1.165, 1.54) is 25.7 Å². The summed E-state index contributed by atoms with van der Waals surface area (Å²) < 4.78 is 2.23. The summed E-state index contributed by atoms with van der Waals surface area (Å²) in [5.74, 6) is 1.61. The number of hydrogen-bond acceptors (Lipinski definition) is 1. The summed E-state index contributed by atoms with van der Waals surface area (Å²) in [5.41, 5.74) is 4.95. The summed E-state index contributed by atoms with van der Waals surface area (Å²) in [6.07, 6.45) is 11.2. The van der Waals surface area contributed by atoms with E-state index in [4.69, 9.17) is 0 Å². The zero-order valence-electron chi connectivity index (χ0n) is 11.0. The molecular formula is C16H19ClN2. The average Bonchev–Trinajstić information content (AvgIpc) is 3.01. The van der Waals surface area contributed by atoms with Gasteiger partial charge in [0.15, 0.2) is 0 Å². The van der Waals surface area contributed by atoms with Gasteiger partial charge in [0.25, 0.3) is 0 Å². The molecule has 2 atom stereocenters. The van der Waals surface area contributed by atoms with Gasteiger partial charge < -0.3 is 4.57 Å². The summed E-state index contributed by atoms with van der Waals surface area (Å²) in [4.78, 5) is 4.14. The Morgan fingerprint density at radius 3 is 3.00 bits per heavy atom. The van der Waals surface area contributed by atoms with Gasteiger partial charge in [0.1, 0.15) is 0 Å². The lowest BCUT2D eigenvalue weighted by Gasteiger charge is -2.29. The van der Waals surface area contributed by atoms with Gasteiger partial charge in [0, 0.05) is 18.9 Å². The lowest BCUT2D eigenvalue weighted by atomic mass is 9.78. The molecule has 2 aromatic rings. The third-order valence-corrected chi connectivity index (χ3v) is 4.61. The maximum absolute atomic E-state index is 4.14. The van der Waals surface area contributed by atoms with Crippen LogP contribution in [-0.2, 0) is 19.4 Å². The molecule has 2 nitrogen and oxygen atoms in total. The van der Waals surface area contributed by atoms with E-state index in [1.807, 2.05) is 12.5 Å². The molecule has 0 unspecified atom stereocenters. The van der Waals surface area contributed by atoms with Crippen LogP contribution < -0.4 is 0 Å². The second kappa shape index (κ2) is 5.01. The Hall–Kier alpha value is -1.28. The number of nitrogens with zero attached hydrogens (tertiary/aromatic N) is 2. The second-order valence-corrected chi connectivity index (χ2v) is 5.79. The molecule has 1 aromatic heterocycles. The Morgan fingerprint density at radius 1 is 1.26 bits per heavy atom. The number of aryl methyl sites for hydroxylation is 1. The van der Waals surface area contributed by atoms with E-state index < -0.39 is 0 Å². The molecule has 0 spiro atoms. The van der Waals surface area contributed by atoms with E-state index in [2.05, 4.69) is 33.9 Å². The van der Waals surface area contributed by atoms with Crippen LogP contribution in [0.25, 0.3) is 0 Å². The van der Waals surface area contributed by atoms with Crippen LogP contribution in [0.15, 0.2) is 36.9 Å². The van der Waals surface area contributed by atoms with Crippen LogP contribution in [0.5, 0.6) is 0 Å². The standard InChI is InChI=1S/C16H18N2.ClH/c1-2-13-4-5-15-9-12(8-14(3-1)16(13)15)10-18-7-6-17-11-18;/h1-3,6-7,11-12,15H,4-5,8-10H2;1H/t12-,15-;/m0./s1. The molecule has 100 valence electrons. The number of rotatable bonds is 2. The van der Waals surface area contributed by atoms with Crippen molar-refractivity contribution in [1.29, 1.82) is 0 Å². The third-order valence-electron chi connectivity index (χ3n) is 4.61. The fourth-order valence-corrected chi connectivity index (χ4v) is 3.93. The number of benzene rings is 1. The van der Waals surface area contributed by atoms with Gasteiger partial charge in [-0.1, -0.05) is 18.2 Å². The molecule has 0 amide bonds.